The number of aryl methyl sites for hydroxylation is 3. The van der Waals surface area contributed by atoms with Crippen LogP contribution in [-0.4, -0.2) is 41.1 Å². The normalized spacial score (nSPS) is 13.6. The molecule has 8 heteroatoms. The van der Waals surface area contributed by atoms with E-state index < -0.39 is 0 Å². The van der Waals surface area contributed by atoms with Crippen molar-refractivity contribution in [1.82, 2.24) is 20.6 Å². The molecule has 24 heavy (non-hydrogen) atoms. The number of carbonyl (C=O) groups is 2. The molecule has 0 spiro atoms. The maximum atomic E-state index is 11.9. The van der Waals surface area contributed by atoms with Crippen LogP contribution in [0.5, 0.6) is 0 Å². The zero-order valence-corrected chi connectivity index (χ0v) is 15.4. The van der Waals surface area contributed by atoms with Crippen LogP contribution in [0.2, 0.25) is 0 Å². The van der Waals surface area contributed by atoms with Gasteiger partial charge in [-0.05, 0) is 38.2 Å². The molecule has 2 N–H and O–H groups in total. The second-order valence-electron chi connectivity index (χ2n) is 5.71. The van der Waals surface area contributed by atoms with Crippen molar-refractivity contribution in [3.63, 3.8) is 0 Å². The predicted octanol–water partition coefficient (Wildman–Crippen LogP) is 1.83. The van der Waals surface area contributed by atoms with Gasteiger partial charge in [-0.1, -0.05) is 11.8 Å². The summed E-state index contributed by atoms with van der Waals surface area (Å²) in [6.07, 6.45) is 4.62. The van der Waals surface area contributed by atoms with E-state index >= 15 is 0 Å². The van der Waals surface area contributed by atoms with Gasteiger partial charge in [0.1, 0.15) is 15.7 Å². The lowest BCUT2D eigenvalue weighted by Crippen LogP contribution is -2.36. The topological polar surface area (TPSA) is 84.0 Å². The summed E-state index contributed by atoms with van der Waals surface area (Å²) in [6, 6.07) is 0. The van der Waals surface area contributed by atoms with E-state index in [0.29, 0.717) is 0 Å². The lowest BCUT2D eigenvalue weighted by molar-refractivity contribution is -0.124. The Kier molecular flexibility index (Phi) is 5.35. The third-order valence-electron chi connectivity index (χ3n) is 3.96. The molecule has 0 radical (unpaired) electrons. The van der Waals surface area contributed by atoms with Gasteiger partial charge in [-0.15, -0.1) is 11.3 Å². The molecule has 0 bridgehead atoms. The van der Waals surface area contributed by atoms with Gasteiger partial charge in [0.05, 0.1) is 12.3 Å². The quantitative estimate of drug-likeness (QED) is 0.625. The Bertz CT molecular complexity index is 788. The minimum absolute atomic E-state index is 0.00194. The zero-order valence-electron chi connectivity index (χ0n) is 13.8. The van der Waals surface area contributed by atoms with Crippen molar-refractivity contribution < 1.29 is 9.59 Å². The highest BCUT2D eigenvalue weighted by Crippen LogP contribution is 2.39. The van der Waals surface area contributed by atoms with Crippen molar-refractivity contribution in [2.45, 2.75) is 37.6 Å². The first-order valence-electron chi connectivity index (χ1n) is 7.97. The fraction of sp³-hybridized carbons (Fsp3) is 0.500. The third-order valence-corrected chi connectivity index (χ3v) is 6.12. The number of fused-ring (bicyclic) bond motifs is 3. The lowest BCUT2D eigenvalue weighted by atomic mass is 9.97. The molecule has 1 aliphatic carbocycles. The molecular formula is C16H20N4O2S2. The Balaban J connectivity index is 1.77. The lowest BCUT2D eigenvalue weighted by Gasteiger charge is -2.11. The number of amides is 2. The van der Waals surface area contributed by atoms with Gasteiger partial charge in [-0.2, -0.15) is 0 Å². The molecule has 0 aromatic carbocycles. The molecule has 0 saturated heterocycles. The van der Waals surface area contributed by atoms with E-state index in [0.717, 1.165) is 33.9 Å². The number of rotatable bonds is 5. The Hall–Kier alpha value is -1.67. The fourth-order valence-electron chi connectivity index (χ4n) is 2.78. The Morgan fingerprint density at radius 1 is 1.21 bits per heavy atom. The maximum Gasteiger partial charge on any atom is 0.239 e. The average Bonchev–Trinajstić information content (AvgIpc) is 2.95. The van der Waals surface area contributed by atoms with Gasteiger partial charge in [-0.3, -0.25) is 9.59 Å². The van der Waals surface area contributed by atoms with E-state index in [-0.39, 0.29) is 24.1 Å². The van der Waals surface area contributed by atoms with Crippen LogP contribution in [0.1, 0.15) is 29.1 Å². The predicted molar refractivity (Wildman–Crippen MR) is 96.6 cm³/mol. The van der Waals surface area contributed by atoms with Gasteiger partial charge in [-0.25, -0.2) is 9.97 Å². The van der Waals surface area contributed by atoms with Crippen LogP contribution >= 0.6 is 23.1 Å². The zero-order chi connectivity index (χ0) is 17.1. The summed E-state index contributed by atoms with van der Waals surface area (Å²) in [5, 5.41) is 7.10. The van der Waals surface area contributed by atoms with Crippen molar-refractivity contribution in [3.8, 4) is 0 Å². The smallest absolute Gasteiger partial charge is 0.239 e. The van der Waals surface area contributed by atoms with Crippen LogP contribution in [0.3, 0.4) is 0 Å². The molecule has 128 valence electrons. The number of likely N-dealkylation sites (N-methyl/N-ethyl adjacent to an activating group) is 1. The van der Waals surface area contributed by atoms with E-state index in [1.807, 2.05) is 6.92 Å². The minimum Gasteiger partial charge on any atom is -0.358 e. The number of carbonyl (C=O) groups excluding carboxylic acids is 2. The Labute approximate surface area is 148 Å². The van der Waals surface area contributed by atoms with E-state index in [9.17, 15) is 9.59 Å². The van der Waals surface area contributed by atoms with Gasteiger partial charge in [0.15, 0.2) is 0 Å². The SMILES string of the molecule is CNC(=O)CNC(=O)CSc1nc(C)nc2sc3c(c12)CCCC3. The molecule has 0 fully saturated rings. The summed E-state index contributed by atoms with van der Waals surface area (Å²) >= 11 is 3.18. The molecular weight excluding hydrogens is 344 g/mol. The third kappa shape index (κ3) is 3.70. The largest absolute Gasteiger partial charge is 0.358 e. The number of thioether (sulfide) groups is 1. The summed E-state index contributed by atoms with van der Waals surface area (Å²) in [4.78, 5) is 34.7. The van der Waals surface area contributed by atoms with Gasteiger partial charge in [0, 0.05) is 17.3 Å². The molecule has 1 aliphatic rings. The van der Waals surface area contributed by atoms with Crippen molar-refractivity contribution in [2.75, 3.05) is 19.3 Å². The molecule has 0 unspecified atom stereocenters. The highest BCUT2D eigenvalue weighted by molar-refractivity contribution is 8.00. The maximum absolute atomic E-state index is 11.9. The Morgan fingerprint density at radius 2 is 2.00 bits per heavy atom. The highest BCUT2D eigenvalue weighted by Gasteiger charge is 2.21. The molecule has 0 aliphatic heterocycles. The van der Waals surface area contributed by atoms with Gasteiger partial charge >= 0.3 is 0 Å². The fourth-order valence-corrected chi connectivity index (χ4v) is 5.08. The monoisotopic (exact) mass is 364 g/mol. The highest BCUT2D eigenvalue weighted by atomic mass is 32.2. The van der Waals surface area contributed by atoms with Gasteiger partial charge in [0.2, 0.25) is 11.8 Å². The number of hydrogen-bond donors (Lipinski definition) is 2. The molecule has 0 atom stereocenters. The van der Waals surface area contributed by atoms with Gasteiger partial charge in [0.25, 0.3) is 0 Å². The summed E-state index contributed by atoms with van der Waals surface area (Å²) in [5.74, 6) is 0.597. The molecule has 2 amide bonds. The second-order valence-corrected chi connectivity index (χ2v) is 7.75. The molecule has 2 aromatic rings. The number of hydrogen-bond acceptors (Lipinski definition) is 6. The van der Waals surface area contributed by atoms with Crippen molar-refractivity contribution in [3.05, 3.63) is 16.3 Å². The number of nitrogens with one attached hydrogen (secondary N) is 2. The van der Waals surface area contributed by atoms with E-state index in [4.69, 9.17) is 0 Å². The molecule has 0 saturated carbocycles. The summed E-state index contributed by atoms with van der Waals surface area (Å²) < 4.78 is 0. The second kappa shape index (κ2) is 7.48. The van der Waals surface area contributed by atoms with Gasteiger partial charge < -0.3 is 10.6 Å². The van der Waals surface area contributed by atoms with Crippen molar-refractivity contribution in [1.29, 1.82) is 0 Å². The van der Waals surface area contributed by atoms with Crippen LogP contribution in [-0.2, 0) is 22.4 Å². The molecule has 2 aromatic heterocycles. The standard InChI is InChI=1S/C16H20N4O2S2/c1-9-19-15(23-8-13(22)18-7-12(21)17-2)14-10-5-3-4-6-11(10)24-16(14)20-9/h3-8H2,1-2H3,(H,17,21)(H,18,22). The first-order chi connectivity index (χ1) is 11.6. The molecule has 3 rings (SSSR count). The first kappa shape index (κ1) is 17.2. The number of thiophene rings is 1. The van der Waals surface area contributed by atoms with Crippen molar-refractivity contribution in [2.24, 2.45) is 0 Å². The number of nitrogens with zero attached hydrogens (tertiary/aromatic N) is 2. The van der Waals surface area contributed by atoms with E-state index in [2.05, 4.69) is 20.6 Å². The van der Waals surface area contributed by atoms with Crippen LogP contribution in [0.4, 0.5) is 0 Å². The molecule has 6 nitrogen and oxygen atoms in total. The van der Waals surface area contributed by atoms with Crippen LogP contribution < -0.4 is 10.6 Å². The van der Waals surface area contributed by atoms with Crippen LogP contribution in [0.25, 0.3) is 10.2 Å². The van der Waals surface area contributed by atoms with Crippen LogP contribution in [0, 0.1) is 6.92 Å². The summed E-state index contributed by atoms with van der Waals surface area (Å²) in [5.41, 5.74) is 1.37. The first-order valence-corrected chi connectivity index (χ1v) is 9.77. The van der Waals surface area contributed by atoms with E-state index in [1.165, 1.54) is 35.0 Å². The van der Waals surface area contributed by atoms with Crippen molar-refractivity contribution >= 4 is 45.1 Å². The summed E-state index contributed by atoms with van der Waals surface area (Å²) in [7, 11) is 1.54. The minimum atomic E-state index is -0.208. The molecule has 2 heterocycles. The Morgan fingerprint density at radius 3 is 2.79 bits per heavy atom. The average molecular weight is 364 g/mol. The summed E-state index contributed by atoms with van der Waals surface area (Å²) in [6.45, 7) is 1.88. The van der Waals surface area contributed by atoms with E-state index in [1.54, 1.807) is 18.4 Å². The van der Waals surface area contributed by atoms with Crippen LogP contribution in [0.15, 0.2) is 5.03 Å². The number of aromatic nitrogens is 2.